The Morgan fingerprint density at radius 1 is 1.33 bits per heavy atom. The second kappa shape index (κ2) is 4.82. The van der Waals surface area contributed by atoms with E-state index in [2.05, 4.69) is 36.5 Å². The SMILES string of the molecule is Cc1ccc(CNC2CC=CC2)c(Cl)c1. The highest BCUT2D eigenvalue weighted by molar-refractivity contribution is 6.31. The van der Waals surface area contributed by atoms with Crippen LogP contribution >= 0.6 is 11.6 Å². The third-order valence-electron chi connectivity index (χ3n) is 2.80. The molecular formula is C13H16ClN. The molecule has 1 aromatic rings. The standard InChI is InChI=1S/C13H16ClN/c1-10-6-7-11(13(14)8-10)9-15-12-4-2-3-5-12/h2-3,6-8,12,15H,4-5,9H2,1H3. The normalized spacial score (nSPS) is 16.1. The predicted molar refractivity (Wildman–Crippen MR) is 65.2 cm³/mol. The van der Waals surface area contributed by atoms with Crippen molar-refractivity contribution in [2.75, 3.05) is 0 Å². The summed E-state index contributed by atoms with van der Waals surface area (Å²) >= 11 is 6.16. The fraction of sp³-hybridized carbons (Fsp3) is 0.385. The van der Waals surface area contributed by atoms with E-state index in [9.17, 15) is 0 Å². The number of nitrogens with one attached hydrogen (secondary N) is 1. The molecule has 1 aliphatic carbocycles. The van der Waals surface area contributed by atoms with Gasteiger partial charge in [-0.15, -0.1) is 0 Å². The molecule has 1 nitrogen and oxygen atoms in total. The van der Waals surface area contributed by atoms with E-state index in [1.54, 1.807) is 0 Å². The summed E-state index contributed by atoms with van der Waals surface area (Å²) in [4.78, 5) is 0. The Balaban J connectivity index is 1.92. The Kier molecular flexibility index (Phi) is 3.45. The molecule has 0 aliphatic heterocycles. The van der Waals surface area contributed by atoms with Gasteiger partial charge in [-0.1, -0.05) is 35.9 Å². The number of aryl methyl sites for hydroxylation is 1. The second-order valence-electron chi connectivity index (χ2n) is 4.12. The average molecular weight is 222 g/mol. The number of hydrogen-bond donors (Lipinski definition) is 1. The van der Waals surface area contributed by atoms with Gasteiger partial charge >= 0.3 is 0 Å². The van der Waals surface area contributed by atoms with Crippen LogP contribution in [0.25, 0.3) is 0 Å². The summed E-state index contributed by atoms with van der Waals surface area (Å²) in [6.45, 7) is 2.93. The van der Waals surface area contributed by atoms with Gasteiger partial charge in [-0.3, -0.25) is 0 Å². The molecule has 0 bridgehead atoms. The van der Waals surface area contributed by atoms with Crippen LogP contribution in [0.1, 0.15) is 24.0 Å². The van der Waals surface area contributed by atoms with Gasteiger partial charge in [0.15, 0.2) is 0 Å². The van der Waals surface area contributed by atoms with Crippen molar-refractivity contribution < 1.29 is 0 Å². The highest BCUT2D eigenvalue weighted by atomic mass is 35.5. The first-order valence-electron chi connectivity index (χ1n) is 5.39. The quantitative estimate of drug-likeness (QED) is 0.771. The lowest BCUT2D eigenvalue weighted by Crippen LogP contribution is -2.25. The van der Waals surface area contributed by atoms with E-state index in [0.29, 0.717) is 6.04 Å². The zero-order valence-electron chi connectivity index (χ0n) is 8.96. The van der Waals surface area contributed by atoms with E-state index >= 15 is 0 Å². The van der Waals surface area contributed by atoms with E-state index in [4.69, 9.17) is 11.6 Å². The average Bonchev–Trinajstić information content (AvgIpc) is 2.69. The molecule has 0 unspecified atom stereocenters. The maximum Gasteiger partial charge on any atom is 0.0453 e. The highest BCUT2D eigenvalue weighted by Gasteiger charge is 2.09. The van der Waals surface area contributed by atoms with Gasteiger partial charge in [0.05, 0.1) is 0 Å². The molecule has 0 atom stereocenters. The fourth-order valence-electron chi connectivity index (χ4n) is 1.83. The van der Waals surface area contributed by atoms with Gasteiger partial charge in [-0.05, 0) is 37.0 Å². The minimum absolute atomic E-state index is 0.599. The van der Waals surface area contributed by atoms with Crippen molar-refractivity contribution in [3.8, 4) is 0 Å². The van der Waals surface area contributed by atoms with E-state index in [1.165, 1.54) is 11.1 Å². The van der Waals surface area contributed by atoms with E-state index in [-0.39, 0.29) is 0 Å². The lowest BCUT2D eigenvalue weighted by molar-refractivity contribution is 0.538. The Bertz CT molecular complexity index is 363. The summed E-state index contributed by atoms with van der Waals surface area (Å²) < 4.78 is 0. The number of halogens is 1. The molecule has 0 aromatic heterocycles. The van der Waals surface area contributed by atoms with Crippen molar-refractivity contribution in [1.29, 1.82) is 0 Å². The molecule has 0 fully saturated rings. The van der Waals surface area contributed by atoms with Crippen molar-refractivity contribution in [2.24, 2.45) is 0 Å². The molecule has 0 amide bonds. The Hall–Kier alpha value is -0.790. The Morgan fingerprint density at radius 3 is 2.73 bits per heavy atom. The minimum Gasteiger partial charge on any atom is -0.309 e. The van der Waals surface area contributed by atoms with Crippen LogP contribution < -0.4 is 5.32 Å². The molecule has 1 N–H and O–H groups in total. The third kappa shape index (κ3) is 2.83. The number of rotatable bonds is 3. The molecule has 0 spiro atoms. The third-order valence-corrected chi connectivity index (χ3v) is 3.15. The van der Waals surface area contributed by atoms with Crippen LogP contribution in [0.4, 0.5) is 0 Å². The van der Waals surface area contributed by atoms with Crippen LogP contribution in [0, 0.1) is 6.92 Å². The van der Waals surface area contributed by atoms with Gasteiger partial charge in [-0.2, -0.15) is 0 Å². The molecule has 15 heavy (non-hydrogen) atoms. The molecule has 80 valence electrons. The van der Waals surface area contributed by atoms with Crippen LogP contribution in [0.3, 0.4) is 0 Å². The zero-order chi connectivity index (χ0) is 10.7. The van der Waals surface area contributed by atoms with Crippen LogP contribution in [0.5, 0.6) is 0 Å². The Labute approximate surface area is 96.1 Å². The molecule has 2 rings (SSSR count). The molecule has 1 aliphatic rings. The summed E-state index contributed by atoms with van der Waals surface area (Å²) in [6.07, 6.45) is 6.75. The first kappa shape index (κ1) is 10.7. The second-order valence-corrected chi connectivity index (χ2v) is 4.52. The fourth-order valence-corrected chi connectivity index (χ4v) is 2.14. The predicted octanol–water partition coefficient (Wildman–Crippen LogP) is 3.46. The number of benzene rings is 1. The topological polar surface area (TPSA) is 12.0 Å². The monoisotopic (exact) mass is 221 g/mol. The van der Waals surface area contributed by atoms with Crippen LogP contribution in [-0.4, -0.2) is 6.04 Å². The van der Waals surface area contributed by atoms with Gasteiger partial charge in [0, 0.05) is 17.6 Å². The van der Waals surface area contributed by atoms with E-state index in [0.717, 1.165) is 24.4 Å². The van der Waals surface area contributed by atoms with Gasteiger partial charge < -0.3 is 5.32 Å². The zero-order valence-corrected chi connectivity index (χ0v) is 9.72. The summed E-state index contributed by atoms with van der Waals surface area (Å²) in [5.41, 5.74) is 2.40. The number of hydrogen-bond acceptors (Lipinski definition) is 1. The van der Waals surface area contributed by atoms with Gasteiger partial charge in [0.1, 0.15) is 0 Å². The van der Waals surface area contributed by atoms with Crippen molar-refractivity contribution >= 4 is 11.6 Å². The summed E-state index contributed by atoms with van der Waals surface area (Å²) in [6, 6.07) is 6.83. The molecular weight excluding hydrogens is 206 g/mol. The van der Waals surface area contributed by atoms with E-state index in [1.807, 2.05) is 6.07 Å². The van der Waals surface area contributed by atoms with Crippen LogP contribution in [0.15, 0.2) is 30.4 Å². The maximum absolute atomic E-state index is 6.16. The van der Waals surface area contributed by atoms with Crippen molar-refractivity contribution in [3.05, 3.63) is 46.5 Å². The van der Waals surface area contributed by atoms with Crippen LogP contribution in [0.2, 0.25) is 5.02 Å². The van der Waals surface area contributed by atoms with Crippen molar-refractivity contribution in [1.82, 2.24) is 5.32 Å². The first-order chi connectivity index (χ1) is 7.25. The highest BCUT2D eigenvalue weighted by Crippen LogP contribution is 2.18. The van der Waals surface area contributed by atoms with Gasteiger partial charge in [0.2, 0.25) is 0 Å². The summed E-state index contributed by atoms with van der Waals surface area (Å²) in [5, 5.41) is 4.38. The molecule has 0 saturated carbocycles. The first-order valence-corrected chi connectivity index (χ1v) is 5.77. The van der Waals surface area contributed by atoms with Gasteiger partial charge in [-0.25, -0.2) is 0 Å². The molecule has 1 aromatic carbocycles. The molecule has 2 heteroatoms. The summed E-state index contributed by atoms with van der Waals surface area (Å²) in [5.74, 6) is 0. The molecule has 0 radical (unpaired) electrons. The van der Waals surface area contributed by atoms with Crippen molar-refractivity contribution in [3.63, 3.8) is 0 Å². The Morgan fingerprint density at radius 2 is 2.07 bits per heavy atom. The smallest absolute Gasteiger partial charge is 0.0453 e. The lowest BCUT2D eigenvalue weighted by atomic mass is 10.1. The molecule has 0 saturated heterocycles. The molecule has 0 heterocycles. The van der Waals surface area contributed by atoms with Gasteiger partial charge in [0.25, 0.3) is 0 Å². The van der Waals surface area contributed by atoms with Crippen LogP contribution in [-0.2, 0) is 6.54 Å². The largest absolute Gasteiger partial charge is 0.309 e. The summed E-state index contributed by atoms with van der Waals surface area (Å²) in [7, 11) is 0. The van der Waals surface area contributed by atoms with Crippen molar-refractivity contribution in [2.45, 2.75) is 32.4 Å². The lowest BCUT2D eigenvalue weighted by Gasteiger charge is -2.12. The minimum atomic E-state index is 0.599. The van der Waals surface area contributed by atoms with E-state index < -0.39 is 0 Å². The maximum atomic E-state index is 6.16.